The summed E-state index contributed by atoms with van der Waals surface area (Å²) in [5.74, 6) is -0.464. The molecule has 0 aliphatic carbocycles. The van der Waals surface area contributed by atoms with Gasteiger partial charge in [-0.15, -0.1) is 0 Å². The highest BCUT2D eigenvalue weighted by Crippen LogP contribution is 2.32. The van der Waals surface area contributed by atoms with Crippen molar-refractivity contribution in [1.82, 2.24) is 4.98 Å². The van der Waals surface area contributed by atoms with Gasteiger partial charge in [-0.05, 0) is 24.6 Å². The third kappa shape index (κ3) is 2.00. The zero-order chi connectivity index (χ0) is 14.3. The minimum Gasteiger partial charge on any atom is -0.352 e. The molecule has 0 bridgehead atoms. The minimum absolute atomic E-state index is 0.271. The van der Waals surface area contributed by atoms with E-state index in [1.165, 1.54) is 6.07 Å². The summed E-state index contributed by atoms with van der Waals surface area (Å²) in [6.07, 6.45) is 0.726. The Bertz CT molecular complexity index is 805. The Hall–Kier alpha value is -2.13. The molecule has 0 saturated heterocycles. The fraction of sp³-hybridized carbons (Fsp3) is 0.0625. The van der Waals surface area contributed by atoms with Crippen LogP contribution in [0.3, 0.4) is 0 Å². The molecular formula is C16H11ClFNO. The molecule has 4 heteroatoms. The molecule has 100 valence electrons. The van der Waals surface area contributed by atoms with Crippen molar-refractivity contribution in [1.29, 1.82) is 0 Å². The average molecular weight is 288 g/mol. The van der Waals surface area contributed by atoms with Gasteiger partial charge in [0.25, 0.3) is 0 Å². The van der Waals surface area contributed by atoms with E-state index >= 15 is 0 Å². The van der Waals surface area contributed by atoms with Crippen LogP contribution in [0.25, 0.3) is 22.2 Å². The second kappa shape index (κ2) is 4.76. The largest absolute Gasteiger partial charge is 0.352 e. The number of rotatable bonds is 2. The number of fused-ring (bicyclic) bond motifs is 1. The molecule has 1 aromatic heterocycles. The third-order valence-corrected chi connectivity index (χ3v) is 3.54. The van der Waals surface area contributed by atoms with E-state index in [2.05, 4.69) is 4.98 Å². The monoisotopic (exact) mass is 287 g/mol. The molecular weight excluding hydrogens is 277 g/mol. The highest BCUT2D eigenvalue weighted by Gasteiger charge is 2.16. The molecule has 0 fully saturated rings. The fourth-order valence-electron chi connectivity index (χ4n) is 2.31. The van der Waals surface area contributed by atoms with Crippen molar-refractivity contribution in [2.24, 2.45) is 0 Å². The van der Waals surface area contributed by atoms with E-state index in [9.17, 15) is 9.18 Å². The number of hydrogen-bond acceptors (Lipinski definition) is 1. The van der Waals surface area contributed by atoms with Gasteiger partial charge in [0.15, 0.2) is 6.29 Å². The molecule has 1 N–H and O–H groups in total. The summed E-state index contributed by atoms with van der Waals surface area (Å²) in [4.78, 5) is 14.4. The smallest absolute Gasteiger partial charge is 0.152 e. The molecule has 0 saturated carbocycles. The van der Waals surface area contributed by atoms with Gasteiger partial charge < -0.3 is 4.98 Å². The first-order valence-electron chi connectivity index (χ1n) is 6.13. The molecule has 0 radical (unpaired) electrons. The van der Waals surface area contributed by atoms with Gasteiger partial charge in [0.1, 0.15) is 5.82 Å². The van der Waals surface area contributed by atoms with E-state index in [4.69, 9.17) is 11.6 Å². The Labute approximate surface area is 120 Å². The van der Waals surface area contributed by atoms with Crippen LogP contribution in [-0.2, 0) is 0 Å². The number of carbonyl (C=O) groups excluding carboxylic acids is 1. The van der Waals surface area contributed by atoms with Crippen molar-refractivity contribution >= 4 is 28.8 Å². The summed E-state index contributed by atoms with van der Waals surface area (Å²) in [5.41, 5.74) is 3.28. The Morgan fingerprint density at radius 3 is 2.55 bits per heavy atom. The Balaban J connectivity index is 2.33. The molecule has 0 spiro atoms. The summed E-state index contributed by atoms with van der Waals surface area (Å²) >= 11 is 5.86. The van der Waals surface area contributed by atoms with Crippen LogP contribution in [0.2, 0.25) is 5.02 Å². The van der Waals surface area contributed by atoms with Crippen LogP contribution in [0.15, 0.2) is 36.4 Å². The van der Waals surface area contributed by atoms with Crippen LogP contribution in [0.4, 0.5) is 4.39 Å². The maximum Gasteiger partial charge on any atom is 0.152 e. The molecule has 3 aromatic rings. The number of aromatic amines is 1. The average Bonchev–Trinajstić information content (AvgIpc) is 2.78. The Morgan fingerprint density at radius 1 is 1.20 bits per heavy atom. The number of nitrogens with one attached hydrogen (secondary N) is 1. The number of H-pyrrole nitrogens is 1. The highest BCUT2D eigenvalue weighted by atomic mass is 35.5. The van der Waals surface area contributed by atoms with E-state index in [0.717, 1.165) is 17.4 Å². The maximum absolute atomic E-state index is 13.9. The van der Waals surface area contributed by atoms with Crippen LogP contribution in [0.1, 0.15) is 15.9 Å². The molecule has 2 aromatic carbocycles. The van der Waals surface area contributed by atoms with Crippen molar-refractivity contribution < 1.29 is 9.18 Å². The van der Waals surface area contributed by atoms with Gasteiger partial charge in [0, 0.05) is 16.0 Å². The lowest BCUT2D eigenvalue weighted by atomic mass is 10.0. The maximum atomic E-state index is 13.9. The van der Waals surface area contributed by atoms with Gasteiger partial charge in [-0.1, -0.05) is 41.4 Å². The van der Waals surface area contributed by atoms with Gasteiger partial charge in [0.05, 0.1) is 11.2 Å². The number of hydrogen-bond donors (Lipinski definition) is 1. The first-order chi connectivity index (χ1) is 9.60. The van der Waals surface area contributed by atoms with Gasteiger partial charge in [-0.2, -0.15) is 0 Å². The highest BCUT2D eigenvalue weighted by molar-refractivity contribution is 6.31. The number of aldehydes is 1. The van der Waals surface area contributed by atoms with E-state index in [1.807, 2.05) is 31.2 Å². The summed E-state index contributed by atoms with van der Waals surface area (Å²) in [7, 11) is 0. The van der Waals surface area contributed by atoms with Crippen molar-refractivity contribution in [3.05, 3.63) is 58.4 Å². The quantitative estimate of drug-likeness (QED) is 0.678. The van der Waals surface area contributed by atoms with Gasteiger partial charge in [0.2, 0.25) is 0 Å². The molecule has 2 nitrogen and oxygen atoms in total. The van der Waals surface area contributed by atoms with Crippen molar-refractivity contribution in [3.8, 4) is 11.3 Å². The lowest BCUT2D eigenvalue weighted by Gasteiger charge is -2.00. The second-order valence-corrected chi connectivity index (χ2v) is 5.14. The minimum atomic E-state index is -0.464. The molecule has 20 heavy (non-hydrogen) atoms. The summed E-state index contributed by atoms with van der Waals surface area (Å²) < 4.78 is 13.9. The van der Waals surface area contributed by atoms with Crippen molar-refractivity contribution in [3.63, 3.8) is 0 Å². The van der Waals surface area contributed by atoms with Crippen LogP contribution in [-0.4, -0.2) is 11.3 Å². The predicted octanol–water partition coefficient (Wildman–Crippen LogP) is 4.75. The standard InChI is InChI=1S/C16H11ClFNO/c1-9-2-4-10(5-3-9)15-13(8-20)12-6-11(17)7-14(18)16(12)19-15/h2-8,19H,1H3. The molecule has 0 aliphatic heterocycles. The lowest BCUT2D eigenvalue weighted by Crippen LogP contribution is -1.84. The normalized spacial score (nSPS) is 10.9. The Kier molecular flexibility index (Phi) is 3.07. The third-order valence-electron chi connectivity index (χ3n) is 3.32. The summed E-state index contributed by atoms with van der Waals surface area (Å²) in [5, 5.41) is 0.771. The second-order valence-electron chi connectivity index (χ2n) is 4.71. The first kappa shape index (κ1) is 12.9. The van der Waals surface area contributed by atoms with Gasteiger partial charge >= 0.3 is 0 Å². The van der Waals surface area contributed by atoms with Crippen molar-refractivity contribution in [2.45, 2.75) is 6.92 Å². The number of carbonyl (C=O) groups is 1. The summed E-state index contributed by atoms with van der Waals surface area (Å²) in [6, 6.07) is 10.5. The predicted molar refractivity (Wildman–Crippen MR) is 78.8 cm³/mol. The lowest BCUT2D eigenvalue weighted by molar-refractivity contribution is 0.112. The van der Waals surface area contributed by atoms with Crippen LogP contribution in [0, 0.1) is 12.7 Å². The zero-order valence-corrected chi connectivity index (χ0v) is 11.5. The number of benzene rings is 2. The van der Waals surface area contributed by atoms with E-state index in [0.29, 0.717) is 22.2 Å². The molecule has 0 atom stereocenters. The van der Waals surface area contributed by atoms with Gasteiger partial charge in [-0.25, -0.2) is 4.39 Å². The SMILES string of the molecule is Cc1ccc(-c2[nH]c3c(F)cc(Cl)cc3c2C=O)cc1. The van der Waals surface area contributed by atoms with Crippen molar-refractivity contribution in [2.75, 3.05) is 0 Å². The summed E-state index contributed by atoms with van der Waals surface area (Å²) in [6.45, 7) is 1.98. The molecule has 1 heterocycles. The first-order valence-corrected chi connectivity index (χ1v) is 6.51. The zero-order valence-electron chi connectivity index (χ0n) is 10.7. The number of halogens is 2. The van der Waals surface area contributed by atoms with Gasteiger partial charge in [-0.3, -0.25) is 4.79 Å². The molecule has 3 rings (SSSR count). The van der Waals surface area contributed by atoms with Crippen LogP contribution < -0.4 is 0 Å². The van der Waals surface area contributed by atoms with Crippen LogP contribution >= 0.6 is 11.6 Å². The van der Waals surface area contributed by atoms with Crippen LogP contribution in [0.5, 0.6) is 0 Å². The topological polar surface area (TPSA) is 32.9 Å². The number of aromatic nitrogens is 1. The molecule has 0 amide bonds. The Morgan fingerprint density at radius 2 is 1.90 bits per heavy atom. The van der Waals surface area contributed by atoms with E-state index < -0.39 is 5.82 Å². The number of aryl methyl sites for hydroxylation is 1. The van der Waals surface area contributed by atoms with E-state index in [-0.39, 0.29) is 5.02 Å². The van der Waals surface area contributed by atoms with E-state index in [1.54, 1.807) is 6.07 Å². The molecule has 0 aliphatic rings. The molecule has 0 unspecified atom stereocenters. The fourth-order valence-corrected chi connectivity index (χ4v) is 2.52.